The normalized spacial score (nSPS) is 16.8. The number of nitrogens with two attached hydrogens (primary N) is 1. The molecule has 0 saturated carbocycles. The molecule has 1 aliphatic heterocycles. The van der Waals surface area contributed by atoms with Crippen LogP contribution in [-0.2, 0) is 22.6 Å². The standard InChI is InChI=1S/C17H26N2O2/c1-21-13-15-7-5-14(6-8-15)11-16(12-18)17(20)19-9-3-2-4-10-19/h5-8,16H,2-4,9-13,18H2,1H3. The maximum absolute atomic E-state index is 12.5. The fraction of sp³-hybridized carbons (Fsp3) is 0.588. The Labute approximate surface area is 127 Å². The van der Waals surface area contributed by atoms with Gasteiger partial charge in [0.05, 0.1) is 12.5 Å². The summed E-state index contributed by atoms with van der Waals surface area (Å²) in [5.74, 6) is 0.120. The third-order valence-electron chi connectivity index (χ3n) is 4.12. The van der Waals surface area contributed by atoms with Crippen LogP contribution in [0.5, 0.6) is 0 Å². The van der Waals surface area contributed by atoms with Crippen molar-refractivity contribution in [1.82, 2.24) is 4.90 Å². The van der Waals surface area contributed by atoms with Gasteiger partial charge in [-0.05, 0) is 36.8 Å². The van der Waals surface area contributed by atoms with Crippen LogP contribution in [0.4, 0.5) is 0 Å². The molecule has 2 N–H and O–H groups in total. The number of nitrogens with zero attached hydrogens (tertiary/aromatic N) is 1. The second-order valence-corrected chi connectivity index (χ2v) is 5.77. The molecule has 1 heterocycles. The molecule has 0 radical (unpaired) electrons. The van der Waals surface area contributed by atoms with Crippen molar-refractivity contribution in [2.24, 2.45) is 11.7 Å². The van der Waals surface area contributed by atoms with E-state index in [1.807, 2.05) is 4.90 Å². The van der Waals surface area contributed by atoms with Crippen molar-refractivity contribution in [3.05, 3.63) is 35.4 Å². The van der Waals surface area contributed by atoms with Gasteiger partial charge >= 0.3 is 0 Å². The summed E-state index contributed by atoms with van der Waals surface area (Å²) in [6, 6.07) is 8.25. The molecule has 1 amide bonds. The minimum Gasteiger partial charge on any atom is -0.380 e. The van der Waals surface area contributed by atoms with E-state index in [-0.39, 0.29) is 11.8 Å². The van der Waals surface area contributed by atoms with Crippen LogP contribution in [0.25, 0.3) is 0 Å². The van der Waals surface area contributed by atoms with Gasteiger partial charge in [0, 0.05) is 26.7 Å². The number of rotatable bonds is 6. The monoisotopic (exact) mass is 290 g/mol. The van der Waals surface area contributed by atoms with Crippen LogP contribution >= 0.6 is 0 Å². The molecule has 1 fully saturated rings. The van der Waals surface area contributed by atoms with Crippen LogP contribution in [0, 0.1) is 5.92 Å². The highest BCUT2D eigenvalue weighted by Gasteiger charge is 2.24. The molecule has 4 heteroatoms. The van der Waals surface area contributed by atoms with Crippen molar-refractivity contribution in [1.29, 1.82) is 0 Å². The summed E-state index contributed by atoms with van der Waals surface area (Å²) in [6.07, 6.45) is 4.20. The lowest BCUT2D eigenvalue weighted by Crippen LogP contribution is -2.42. The molecule has 1 aliphatic rings. The fourth-order valence-electron chi connectivity index (χ4n) is 2.87. The Bertz CT molecular complexity index is 439. The number of amides is 1. The predicted octanol–water partition coefficient (Wildman–Crippen LogP) is 1.96. The third-order valence-corrected chi connectivity index (χ3v) is 4.12. The topological polar surface area (TPSA) is 55.6 Å². The highest BCUT2D eigenvalue weighted by atomic mass is 16.5. The van der Waals surface area contributed by atoms with Gasteiger partial charge in [0.25, 0.3) is 0 Å². The van der Waals surface area contributed by atoms with Gasteiger partial charge in [-0.15, -0.1) is 0 Å². The van der Waals surface area contributed by atoms with E-state index in [2.05, 4.69) is 24.3 Å². The smallest absolute Gasteiger partial charge is 0.227 e. The summed E-state index contributed by atoms with van der Waals surface area (Å²) in [5, 5.41) is 0. The summed E-state index contributed by atoms with van der Waals surface area (Å²) in [5.41, 5.74) is 8.15. The average Bonchev–Trinajstić information content (AvgIpc) is 2.54. The van der Waals surface area contributed by atoms with Crippen molar-refractivity contribution < 1.29 is 9.53 Å². The summed E-state index contributed by atoms with van der Waals surface area (Å²) in [4.78, 5) is 14.5. The van der Waals surface area contributed by atoms with Crippen LogP contribution in [-0.4, -0.2) is 37.6 Å². The lowest BCUT2D eigenvalue weighted by Gasteiger charge is -2.30. The zero-order valence-electron chi connectivity index (χ0n) is 12.9. The Kier molecular flexibility index (Phi) is 6.21. The first kappa shape index (κ1) is 16.0. The molecule has 0 bridgehead atoms. The number of piperidine rings is 1. The molecular formula is C17H26N2O2. The molecule has 21 heavy (non-hydrogen) atoms. The summed E-state index contributed by atoms with van der Waals surface area (Å²) in [6.45, 7) is 2.81. The molecule has 0 aliphatic carbocycles. The van der Waals surface area contributed by atoms with Crippen LogP contribution in [0.15, 0.2) is 24.3 Å². The number of carbonyl (C=O) groups excluding carboxylic acids is 1. The molecule has 1 aromatic rings. The number of carbonyl (C=O) groups is 1. The minimum atomic E-state index is -0.101. The van der Waals surface area contributed by atoms with E-state index in [0.29, 0.717) is 13.2 Å². The first-order chi connectivity index (χ1) is 10.2. The number of benzene rings is 1. The minimum absolute atomic E-state index is 0.101. The molecule has 116 valence electrons. The number of hydrogen-bond donors (Lipinski definition) is 1. The van der Waals surface area contributed by atoms with E-state index in [1.54, 1.807) is 7.11 Å². The number of methoxy groups -OCH3 is 1. The first-order valence-electron chi connectivity index (χ1n) is 7.80. The largest absolute Gasteiger partial charge is 0.380 e. The SMILES string of the molecule is COCc1ccc(CC(CN)C(=O)N2CCCCC2)cc1. The Morgan fingerprint density at radius 1 is 1.19 bits per heavy atom. The maximum atomic E-state index is 12.5. The van der Waals surface area contributed by atoms with E-state index in [0.717, 1.165) is 43.5 Å². The molecule has 1 unspecified atom stereocenters. The summed E-state index contributed by atoms with van der Waals surface area (Å²) in [7, 11) is 1.69. The molecular weight excluding hydrogens is 264 g/mol. The van der Waals surface area contributed by atoms with Gasteiger partial charge in [0.15, 0.2) is 0 Å². The maximum Gasteiger partial charge on any atom is 0.227 e. The van der Waals surface area contributed by atoms with E-state index in [1.165, 1.54) is 6.42 Å². The van der Waals surface area contributed by atoms with Crippen molar-refractivity contribution >= 4 is 5.91 Å². The fourth-order valence-corrected chi connectivity index (χ4v) is 2.87. The van der Waals surface area contributed by atoms with Crippen LogP contribution < -0.4 is 5.73 Å². The van der Waals surface area contributed by atoms with Crippen LogP contribution in [0.1, 0.15) is 30.4 Å². The third kappa shape index (κ3) is 4.55. The Morgan fingerprint density at radius 2 is 1.81 bits per heavy atom. The molecule has 1 aromatic carbocycles. The number of hydrogen-bond acceptors (Lipinski definition) is 3. The molecule has 2 rings (SSSR count). The molecule has 1 saturated heterocycles. The van der Waals surface area contributed by atoms with Gasteiger partial charge in [0.2, 0.25) is 5.91 Å². The average molecular weight is 290 g/mol. The number of likely N-dealkylation sites (tertiary alicyclic amines) is 1. The van der Waals surface area contributed by atoms with Crippen molar-refractivity contribution in [2.75, 3.05) is 26.7 Å². The zero-order valence-corrected chi connectivity index (χ0v) is 12.9. The van der Waals surface area contributed by atoms with Crippen molar-refractivity contribution in [2.45, 2.75) is 32.3 Å². The quantitative estimate of drug-likeness (QED) is 0.871. The lowest BCUT2D eigenvalue weighted by molar-refractivity contribution is -0.136. The van der Waals surface area contributed by atoms with Crippen LogP contribution in [0.3, 0.4) is 0 Å². The second-order valence-electron chi connectivity index (χ2n) is 5.77. The van der Waals surface area contributed by atoms with Gasteiger partial charge in [-0.2, -0.15) is 0 Å². The molecule has 0 spiro atoms. The highest BCUT2D eigenvalue weighted by Crippen LogP contribution is 2.16. The van der Waals surface area contributed by atoms with E-state index in [9.17, 15) is 4.79 Å². The van der Waals surface area contributed by atoms with E-state index in [4.69, 9.17) is 10.5 Å². The summed E-state index contributed by atoms with van der Waals surface area (Å²) < 4.78 is 5.11. The van der Waals surface area contributed by atoms with Gasteiger partial charge in [-0.1, -0.05) is 24.3 Å². The Morgan fingerprint density at radius 3 is 2.38 bits per heavy atom. The highest BCUT2D eigenvalue weighted by molar-refractivity contribution is 5.79. The van der Waals surface area contributed by atoms with Gasteiger partial charge in [-0.3, -0.25) is 4.79 Å². The molecule has 0 aromatic heterocycles. The summed E-state index contributed by atoms with van der Waals surface area (Å²) >= 11 is 0. The second kappa shape index (κ2) is 8.15. The van der Waals surface area contributed by atoms with E-state index < -0.39 is 0 Å². The van der Waals surface area contributed by atoms with Gasteiger partial charge in [-0.25, -0.2) is 0 Å². The van der Waals surface area contributed by atoms with Gasteiger partial charge in [0.1, 0.15) is 0 Å². The first-order valence-corrected chi connectivity index (χ1v) is 7.80. The molecule has 1 atom stereocenters. The van der Waals surface area contributed by atoms with Crippen molar-refractivity contribution in [3.8, 4) is 0 Å². The van der Waals surface area contributed by atoms with Crippen LogP contribution in [0.2, 0.25) is 0 Å². The number of ether oxygens (including phenoxy) is 1. The van der Waals surface area contributed by atoms with Gasteiger partial charge < -0.3 is 15.4 Å². The Balaban J connectivity index is 1.95. The predicted molar refractivity (Wildman–Crippen MR) is 83.8 cm³/mol. The Hall–Kier alpha value is -1.39. The van der Waals surface area contributed by atoms with Crippen molar-refractivity contribution in [3.63, 3.8) is 0 Å². The lowest BCUT2D eigenvalue weighted by atomic mass is 9.96. The molecule has 4 nitrogen and oxygen atoms in total. The zero-order chi connectivity index (χ0) is 15.1. The van der Waals surface area contributed by atoms with E-state index >= 15 is 0 Å².